The first kappa shape index (κ1) is 23.4. The van der Waals surface area contributed by atoms with Gasteiger partial charge in [-0.25, -0.2) is 0 Å². The van der Waals surface area contributed by atoms with Crippen molar-refractivity contribution in [2.24, 2.45) is 5.92 Å². The minimum atomic E-state index is -1.76. The number of fused-ring (bicyclic) bond motifs is 1. The van der Waals surface area contributed by atoms with Crippen LogP contribution in [0.25, 0.3) is 10.9 Å². The zero-order valence-electron chi connectivity index (χ0n) is 19.7. The van der Waals surface area contributed by atoms with E-state index < -0.39 is 8.07 Å². The lowest BCUT2D eigenvalue weighted by Gasteiger charge is -2.28. The monoisotopic (exact) mass is 463 g/mol. The van der Waals surface area contributed by atoms with Gasteiger partial charge < -0.3 is 5.32 Å². The van der Waals surface area contributed by atoms with Gasteiger partial charge >= 0.3 is 0 Å². The molecule has 0 spiro atoms. The average Bonchev–Trinajstić information content (AvgIpc) is 2.85. The van der Waals surface area contributed by atoms with Crippen LogP contribution in [0.5, 0.6) is 0 Å². The summed E-state index contributed by atoms with van der Waals surface area (Å²) >= 11 is 0. The van der Waals surface area contributed by atoms with Crippen LogP contribution in [0.2, 0.25) is 19.1 Å². The first-order valence-corrected chi connectivity index (χ1v) is 14.8. The molecule has 4 nitrogen and oxygen atoms in total. The molecule has 0 aliphatic carbocycles. The summed E-state index contributed by atoms with van der Waals surface area (Å²) in [5.74, 6) is 0.201. The Hall–Kier alpha value is -3.75. The maximum Gasteiger partial charge on any atom is 0.224 e. The van der Waals surface area contributed by atoms with Crippen molar-refractivity contribution in [3.05, 3.63) is 102 Å². The zero-order chi connectivity index (χ0) is 24.0. The molecular weight excluding hydrogens is 434 g/mol. The van der Waals surface area contributed by atoms with E-state index in [2.05, 4.69) is 53.7 Å². The van der Waals surface area contributed by atoms with E-state index in [1.807, 2.05) is 60.7 Å². The Morgan fingerprint density at radius 3 is 2.44 bits per heavy atom. The molecule has 4 aromatic rings. The number of aromatic nitrogens is 1. The van der Waals surface area contributed by atoms with Crippen LogP contribution in [-0.4, -0.2) is 19.0 Å². The van der Waals surface area contributed by atoms with E-state index in [-0.39, 0.29) is 11.8 Å². The topological polar surface area (TPSA) is 65.8 Å². The number of hydrogen-bond acceptors (Lipinski definition) is 3. The number of pyridine rings is 1. The molecule has 0 aliphatic rings. The van der Waals surface area contributed by atoms with Crippen LogP contribution in [-0.2, 0) is 11.2 Å². The molecule has 1 atom stereocenters. The summed E-state index contributed by atoms with van der Waals surface area (Å²) in [6.45, 7) is 4.75. The number of para-hydroxylation sites is 1. The number of amides is 1. The lowest BCUT2D eigenvalue weighted by atomic mass is 9.96. The maximum absolute atomic E-state index is 13.2. The van der Waals surface area contributed by atoms with Crippen molar-refractivity contribution in [3.8, 4) is 6.07 Å². The number of nitrogens with one attached hydrogen (secondary N) is 1. The predicted molar refractivity (Wildman–Crippen MR) is 142 cm³/mol. The highest BCUT2D eigenvalue weighted by molar-refractivity contribution is 6.89. The number of carbonyl (C=O) groups excluding carboxylic acids is 1. The highest BCUT2D eigenvalue weighted by atomic mass is 28.3. The lowest BCUT2D eigenvalue weighted by molar-refractivity contribution is -0.116. The summed E-state index contributed by atoms with van der Waals surface area (Å²) in [4.78, 5) is 17.7. The Kier molecular flexibility index (Phi) is 7.20. The number of nitrogens with zero attached hydrogens (tertiary/aromatic N) is 2. The lowest BCUT2D eigenvalue weighted by Crippen LogP contribution is -2.43. The van der Waals surface area contributed by atoms with Crippen molar-refractivity contribution < 1.29 is 4.79 Å². The van der Waals surface area contributed by atoms with E-state index in [1.165, 1.54) is 5.19 Å². The van der Waals surface area contributed by atoms with Crippen molar-refractivity contribution in [1.29, 1.82) is 5.26 Å². The van der Waals surface area contributed by atoms with Gasteiger partial charge in [-0.3, -0.25) is 9.78 Å². The van der Waals surface area contributed by atoms with E-state index in [1.54, 1.807) is 6.20 Å². The number of nitriles is 1. The van der Waals surface area contributed by atoms with Crippen molar-refractivity contribution in [1.82, 2.24) is 4.98 Å². The summed E-state index contributed by atoms with van der Waals surface area (Å²) in [6.07, 6.45) is 2.99. The summed E-state index contributed by atoms with van der Waals surface area (Å²) in [5, 5.41) is 14.6. The molecule has 0 radical (unpaired) electrons. The van der Waals surface area contributed by atoms with Crippen LogP contribution in [0.15, 0.2) is 91.1 Å². The maximum atomic E-state index is 13.2. The molecule has 0 aliphatic heterocycles. The standard InChI is InChI=1S/C29H29N3OSi/c1-34(2,26-10-4-3-5-11-26)21-24(18-22-13-15-23(20-30)16-14-22)19-28(33)32-27-12-6-8-25-9-7-17-31-29(25)27/h3-17,24H,18-19,21H2,1-2H3,(H,32,33). The molecule has 4 rings (SSSR count). The van der Waals surface area contributed by atoms with Crippen LogP contribution >= 0.6 is 0 Å². The predicted octanol–water partition coefficient (Wildman–Crippen LogP) is 5.91. The third-order valence-corrected chi connectivity index (χ3v) is 9.84. The van der Waals surface area contributed by atoms with Crippen molar-refractivity contribution in [3.63, 3.8) is 0 Å². The number of hydrogen-bond donors (Lipinski definition) is 1. The normalized spacial score (nSPS) is 12.1. The molecule has 1 heterocycles. The molecule has 1 N–H and O–H groups in total. The molecular formula is C29H29N3OSi. The minimum absolute atomic E-state index is 0.00894. The van der Waals surface area contributed by atoms with Crippen molar-refractivity contribution in [2.45, 2.75) is 32.0 Å². The van der Waals surface area contributed by atoms with Gasteiger partial charge in [-0.05, 0) is 48.2 Å². The molecule has 3 aromatic carbocycles. The SMILES string of the molecule is C[Si](C)(CC(CC(=O)Nc1cccc2cccnc12)Cc1ccc(C#N)cc1)c1ccccc1. The summed E-state index contributed by atoms with van der Waals surface area (Å²) in [6, 6.07) is 31.3. The van der Waals surface area contributed by atoms with Gasteiger partial charge in [0.1, 0.15) is 0 Å². The second-order valence-electron chi connectivity index (χ2n) is 9.47. The fourth-order valence-electron chi connectivity index (χ4n) is 4.66. The smallest absolute Gasteiger partial charge is 0.224 e. The molecule has 34 heavy (non-hydrogen) atoms. The van der Waals surface area contributed by atoms with Crippen LogP contribution in [0.3, 0.4) is 0 Å². The Morgan fingerprint density at radius 2 is 1.71 bits per heavy atom. The summed E-state index contributed by atoms with van der Waals surface area (Å²) in [5.41, 5.74) is 3.36. The highest BCUT2D eigenvalue weighted by Crippen LogP contribution is 2.26. The second kappa shape index (κ2) is 10.5. The Balaban J connectivity index is 1.55. The first-order chi connectivity index (χ1) is 16.4. The van der Waals surface area contributed by atoms with E-state index >= 15 is 0 Å². The highest BCUT2D eigenvalue weighted by Gasteiger charge is 2.29. The third kappa shape index (κ3) is 5.78. The van der Waals surface area contributed by atoms with Crippen molar-refractivity contribution >= 4 is 35.8 Å². The fraction of sp³-hybridized carbons (Fsp3) is 0.207. The number of carbonyl (C=O) groups is 1. The van der Waals surface area contributed by atoms with E-state index in [0.717, 1.165) is 34.6 Å². The van der Waals surface area contributed by atoms with Crippen LogP contribution in [0.4, 0.5) is 5.69 Å². The van der Waals surface area contributed by atoms with Gasteiger partial charge in [-0.15, -0.1) is 0 Å². The Morgan fingerprint density at radius 1 is 0.971 bits per heavy atom. The molecule has 0 saturated heterocycles. The van der Waals surface area contributed by atoms with Gasteiger partial charge in [-0.1, -0.05) is 78.9 Å². The number of benzene rings is 3. The van der Waals surface area contributed by atoms with Crippen LogP contribution < -0.4 is 10.5 Å². The molecule has 5 heteroatoms. The van der Waals surface area contributed by atoms with E-state index in [0.29, 0.717) is 12.0 Å². The Labute approximate surface area is 202 Å². The number of rotatable bonds is 8. The van der Waals surface area contributed by atoms with Gasteiger partial charge in [-0.2, -0.15) is 5.26 Å². The molecule has 170 valence electrons. The van der Waals surface area contributed by atoms with Gasteiger partial charge in [0.2, 0.25) is 5.91 Å². The third-order valence-electron chi connectivity index (χ3n) is 6.34. The van der Waals surface area contributed by atoms with E-state index in [4.69, 9.17) is 5.26 Å². The van der Waals surface area contributed by atoms with Crippen LogP contribution in [0, 0.1) is 17.2 Å². The van der Waals surface area contributed by atoms with Crippen LogP contribution in [0.1, 0.15) is 17.5 Å². The molecule has 1 aromatic heterocycles. The minimum Gasteiger partial charge on any atom is -0.324 e. The molecule has 1 amide bonds. The first-order valence-electron chi connectivity index (χ1n) is 11.6. The van der Waals surface area contributed by atoms with Crippen molar-refractivity contribution in [2.75, 3.05) is 5.32 Å². The van der Waals surface area contributed by atoms with Gasteiger partial charge in [0.15, 0.2) is 0 Å². The fourth-order valence-corrected chi connectivity index (χ4v) is 7.73. The second-order valence-corrected chi connectivity index (χ2v) is 14.2. The van der Waals surface area contributed by atoms with Gasteiger partial charge in [0.25, 0.3) is 0 Å². The quantitative estimate of drug-likeness (QED) is 0.330. The zero-order valence-corrected chi connectivity index (χ0v) is 20.7. The molecule has 0 bridgehead atoms. The van der Waals surface area contributed by atoms with E-state index in [9.17, 15) is 4.79 Å². The largest absolute Gasteiger partial charge is 0.324 e. The average molecular weight is 464 g/mol. The Bertz CT molecular complexity index is 1310. The van der Waals surface area contributed by atoms with Gasteiger partial charge in [0.05, 0.1) is 30.9 Å². The van der Waals surface area contributed by atoms with Gasteiger partial charge in [0, 0.05) is 18.0 Å². The summed E-state index contributed by atoms with van der Waals surface area (Å²) in [7, 11) is -1.76. The number of anilines is 1. The summed E-state index contributed by atoms with van der Waals surface area (Å²) < 4.78 is 0. The molecule has 0 fully saturated rings. The molecule has 1 unspecified atom stereocenters. The molecule has 0 saturated carbocycles.